The molecule has 0 aromatic heterocycles. The maximum absolute atomic E-state index is 5.12. The van der Waals surface area contributed by atoms with Gasteiger partial charge in [0.05, 0.1) is 0 Å². The highest BCUT2D eigenvalue weighted by Crippen LogP contribution is 2.19. The van der Waals surface area contributed by atoms with Gasteiger partial charge in [0.25, 0.3) is 0 Å². The molecule has 0 saturated carbocycles. The molecule has 96 valence electrons. The zero-order chi connectivity index (χ0) is 12.7. The highest BCUT2D eigenvalue weighted by atomic mass is 79.9. The second kappa shape index (κ2) is 7.14. The van der Waals surface area contributed by atoms with Gasteiger partial charge < -0.3 is 10.1 Å². The fourth-order valence-corrected chi connectivity index (χ4v) is 1.88. The molecule has 0 radical (unpaired) electrons. The van der Waals surface area contributed by atoms with Gasteiger partial charge >= 0.3 is 0 Å². The van der Waals surface area contributed by atoms with E-state index in [4.69, 9.17) is 4.74 Å². The molecule has 1 rings (SSSR count). The Morgan fingerprint density at radius 1 is 1.24 bits per heavy atom. The molecular weight excluding hydrogens is 278 g/mol. The number of rotatable bonds is 7. The van der Waals surface area contributed by atoms with E-state index in [1.165, 1.54) is 5.56 Å². The van der Waals surface area contributed by atoms with Gasteiger partial charge in [-0.1, -0.05) is 41.9 Å². The van der Waals surface area contributed by atoms with Crippen molar-refractivity contribution in [2.24, 2.45) is 5.41 Å². The van der Waals surface area contributed by atoms with Crippen molar-refractivity contribution in [3.63, 3.8) is 0 Å². The van der Waals surface area contributed by atoms with Crippen LogP contribution in [0.15, 0.2) is 28.7 Å². The van der Waals surface area contributed by atoms with Crippen LogP contribution in [0.5, 0.6) is 0 Å². The molecule has 17 heavy (non-hydrogen) atoms. The summed E-state index contributed by atoms with van der Waals surface area (Å²) in [7, 11) is 1.76. The predicted octanol–water partition coefficient (Wildman–Crippen LogP) is 3.60. The summed E-state index contributed by atoms with van der Waals surface area (Å²) in [6.45, 7) is 7.28. The molecule has 3 heteroatoms. The van der Waals surface area contributed by atoms with Gasteiger partial charge in [0.2, 0.25) is 0 Å². The Kier molecular flexibility index (Phi) is 6.17. The van der Waals surface area contributed by atoms with E-state index in [0.717, 1.165) is 30.6 Å². The summed E-state index contributed by atoms with van der Waals surface area (Å²) < 4.78 is 6.25. The minimum absolute atomic E-state index is 0.283. The summed E-state index contributed by atoms with van der Waals surface area (Å²) in [6.07, 6.45) is 1.08. The molecule has 0 aliphatic carbocycles. The molecule has 2 nitrogen and oxygen atoms in total. The third kappa shape index (κ3) is 6.20. The third-order valence-electron chi connectivity index (χ3n) is 2.83. The van der Waals surface area contributed by atoms with Crippen LogP contribution < -0.4 is 5.32 Å². The molecule has 0 amide bonds. The normalized spacial score (nSPS) is 11.8. The van der Waals surface area contributed by atoms with E-state index in [1.807, 2.05) is 0 Å². The van der Waals surface area contributed by atoms with E-state index in [1.54, 1.807) is 7.11 Å². The zero-order valence-electron chi connectivity index (χ0n) is 10.9. The SMILES string of the molecule is COCCC(C)(C)CNCc1ccc(Br)cc1. The molecule has 0 atom stereocenters. The Balaban J connectivity index is 2.29. The molecule has 0 unspecified atom stereocenters. The second-order valence-corrected chi connectivity index (χ2v) is 6.05. The summed E-state index contributed by atoms with van der Waals surface area (Å²) in [5.41, 5.74) is 1.60. The van der Waals surface area contributed by atoms with Crippen LogP contribution in [0.2, 0.25) is 0 Å². The van der Waals surface area contributed by atoms with Crippen LogP contribution in [-0.2, 0) is 11.3 Å². The molecule has 0 heterocycles. The number of halogens is 1. The second-order valence-electron chi connectivity index (χ2n) is 5.14. The molecule has 0 fully saturated rings. The maximum Gasteiger partial charge on any atom is 0.0467 e. The fraction of sp³-hybridized carbons (Fsp3) is 0.571. The van der Waals surface area contributed by atoms with Crippen LogP contribution >= 0.6 is 15.9 Å². The lowest BCUT2D eigenvalue weighted by Crippen LogP contribution is -2.30. The van der Waals surface area contributed by atoms with Crippen molar-refractivity contribution in [1.29, 1.82) is 0 Å². The molecule has 1 aromatic carbocycles. The summed E-state index contributed by atoms with van der Waals surface area (Å²) in [5, 5.41) is 3.50. The summed E-state index contributed by atoms with van der Waals surface area (Å²) in [5.74, 6) is 0. The van der Waals surface area contributed by atoms with Gasteiger partial charge in [-0.3, -0.25) is 0 Å². The van der Waals surface area contributed by atoms with Gasteiger partial charge in [-0.15, -0.1) is 0 Å². The quantitative estimate of drug-likeness (QED) is 0.830. The summed E-state index contributed by atoms with van der Waals surface area (Å²) >= 11 is 3.44. The van der Waals surface area contributed by atoms with Crippen LogP contribution in [0.25, 0.3) is 0 Å². The Bertz CT molecular complexity index is 321. The van der Waals surface area contributed by atoms with Crippen LogP contribution in [0.4, 0.5) is 0 Å². The monoisotopic (exact) mass is 299 g/mol. The number of benzene rings is 1. The number of hydrogen-bond donors (Lipinski definition) is 1. The van der Waals surface area contributed by atoms with E-state index in [2.05, 4.69) is 59.4 Å². The Labute approximate surface area is 113 Å². The van der Waals surface area contributed by atoms with Crippen LogP contribution in [0.3, 0.4) is 0 Å². The Hall–Kier alpha value is -0.380. The standard InChI is InChI=1S/C14H22BrNO/c1-14(2,8-9-17-3)11-16-10-12-4-6-13(15)7-5-12/h4-7,16H,8-11H2,1-3H3. The molecule has 0 bridgehead atoms. The molecule has 1 N–H and O–H groups in total. The number of hydrogen-bond acceptors (Lipinski definition) is 2. The van der Waals surface area contributed by atoms with Crippen molar-refractivity contribution in [2.75, 3.05) is 20.3 Å². The summed E-state index contributed by atoms with van der Waals surface area (Å²) in [4.78, 5) is 0. The molecular formula is C14H22BrNO. The van der Waals surface area contributed by atoms with E-state index < -0.39 is 0 Å². The van der Waals surface area contributed by atoms with Crippen molar-refractivity contribution in [3.05, 3.63) is 34.3 Å². The lowest BCUT2D eigenvalue weighted by atomic mass is 9.89. The number of methoxy groups -OCH3 is 1. The first-order chi connectivity index (χ1) is 8.03. The molecule has 1 aromatic rings. The smallest absolute Gasteiger partial charge is 0.0467 e. The average Bonchev–Trinajstić information content (AvgIpc) is 2.29. The third-order valence-corrected chi connectivity index (χ3v) is 3.36. The Morgan fingerprint density at radius 3 is 2.47 bits per heavy atom. The van der Waals surface area contributed by atoms with Gasteiger partial charge in [0, 0.05) is 31.3 Å². The van der Waals surface area contributed by atoms with Gasteiger partial charge in [-0.25, -0.2) is 0 Å². The first-order valence-corrected chi connectivity index (χ1v) is 6.77. The van der Waals surface area contributed by atoms with Gasteiger partial charge in [0.1, 0.15) is 0 Å². The van der Waals surface area contributed by atoms with Crippen molar-refractivity contribution in [2.45, 2.75) is 26.8 Å². The van der Waals surface area contributed by atoms with Crippen LogP contribution in [-0.4, -0.2) is 20.3 Å². The number of ether oxygens (including phenoxy) is 1. The van der Waals surface area contributed by atoms with Crippen molar-refractivity contribution < 1.29 is 4.74 Å². The largest absolute Gasteiger partial charge is 0.385 e. The van der Waals surface area contributed by atoms with Gasteiger partial charge in [-0.05, 0) is 29.5 Å². The first kappa shape index (κ1) is 14.7. The highest BCUT2D eigenvalue weighted by Gasteiger charge is 2.16. The lowest BCUT2D eigenvalue weighted by molar-refractivity contribution is 0.150. The Morgan fingerprint density at radius 2 is 1.88 bits per heavy atom. The summed E-state index contributed by atoms with van der Waals surface area (Å²) in [6, 6.07) is 8.43. The predicted molar refractivity (Wildman–Crippen MR) is 76.1 cm³/mol. The van der Waals surface area contributed by atoms with E-state index in [0.29, 0.717) is 0 Å². The van der Waals surface area contributed by atoms with Crippen molar-refractivity contribution >= 4 is 15.9 Å². The van der Waals surface area contributed by atoms with Crippen molar-refractivity contribution in [1.82, 2.24) is 5.32 Å². The molecule has 0 aliphatic heterocycles. The van der Waals surface area contributed by atoms with Gasteiger partial charge in [-0.2, -0.15) is 0 Å². The first-order valence-electron chi connectivity index (χ1n) is 5.98. The van der Waals surface area contributed by atoms with Crippen molar-refractivity contribution in [3.8, 4) is 0 Å². The van der Waals surface area contributed by atoms with E-state index in [-0.39, 0.29) is 5.41 Å². The minimum Gasteiger partial charge on any atom is -0.385 e. The van der Waals surface area contributed by atoms with E-state index >= 15 is 0 Å². The highest BCUT2D eigenvalue weighted by molar-refractivity contribution is 9.10. The number of nitrogens with one attached hydrogen (secondary N) is 1. The molecule has 0 spiro atoms. The minimum atomic E-state index is 0.283. The fourth-order valence-electron chi connectivity index (χ4n) is 1.61. The van der Waals surface area contributed by atoms with Crippen LogP contribution in [0, 0.1) is 5.41 Å². The zero-order valence-corrected chi connectivity index (χ0v) is 12.5. The lowest BCUT2D eigenvalue weighted by Gasteiger charge is -2.24. The molecule has 0 saturated heterocycles. The van der Waals surface area contributed by atoms with Gasteiger partial charge in [0.15, 0.2) is 0 Å². The maximum atomic E-state index is 5.12. The molecule has 0 aliphatic rings. The van der Waals surface area contributed by atoms with Crippen LogP contribution in [0.1, 0.15) is 25.8 Å². The average molecular weight is 300 g/mol. The topological polar surface area (TPSA) is 21.3 Å². The van der Waals surface area contributed by atoms with E-state index in [9.17, 15) is 0 Å².